The number of nitrogens with one attached hydrogen (secondary N) is 1. The summed E-state index contributed by atoms with van der Waals surface area (Å²) in [6.07, 6.45) is 0.112. The molecule has 2 aromatic rings. The van der Waals surface area contributed by atoms with E-state index in [2.05, 4.69) is 10.1 Å². The third-order valence-corrected chi connectivity index (χ3v) is 3.54. The molecule has 2 aromatic carbocycles. The van der Waals surface area contributed by atoms with Crippen LogP contribution in [0.15, 0.2) is 48.5 Å². The molecule has 0 aliphatic heterocycles. The average Bonchev–Trinajstić information content (AvgIpc) is 2.55. The van der Waals surface area contributed by atoms with Crippen LogP contribution in [0.3, 0.4) is 0 Å². The van der Waals surface area contributed by atoms with Gasteiger partial charge in [0.25, 0.3) is 0 Å². The summed E-state index contributed by atoms with van der Waals surface area (Å²) in [6, 6.07) is 13.7. The maximum atomic E-state index is 12.4. The molecule has 0 bridgehead atoms. The van der Waals surface area contributed by atoms with Crippen LogP contribution in [-0.2, 0) is 11.3 Å². The predicted octanol–water partition coefficient (Wildman–Crippen LogP) is 3.72. The molecule has 3 N–H and O–H groups in total. The number of hydrogen-bond donors (Lipinski definition) is 2. The Morgan fingerprint density at radius 1 is 1.20 bits per heavy atom. The highest BCUT2D eigenvalue weighted by Crippen LogP contribution is 2.22. The fourth-order valence-electron chi connectivity index (χ4n) is 2.34. The molecule has 0 aliphatic rings. The molecule has 1 unspecified atom stereocenters. The largest absolute Gasteiger partial charge is 0.434 e. The van der Waals surface area contributed by atoms with Crippen LogP contribution in [0.1, 0.15) is 29.2 Å². The van der Waals surface area contributed by atoms with Crippen LogP contribution >= 0.6 is 12.4 Å². The molecule has 7 heteroatoms. The third kappa shape index (κ3) is 6.68. The van der Waals surface area contributed by atoms with Gasteiger partial charge < -0.3 is 15.8 Å². The van der Waals surface area contributed by atoms with E-state index in [1.54, 1.807) is 12.1 Å². The topological polar surface area (TPSA) is 64.3 Å². The van der Waals surface area contributed by atoms with Gasteiger partial charge in [0.2, 0.25) is 5.91 Å². The maximum absolute atomic E-state index is 12.4. The zero-order valence-corrected chi connectivity index (χ0v) is 14.6. The zero-order valence-electron chi connectivity index (χ0n) is 13.7. The van der Waals surface area contributed by atoms with E-state index in [-0.39, 0.29) is 37.0 Å². The second-order valence-electron chi connectivity index (χ2n) is 5.49. The number of alkyl halides is 2. The average molecular weight is 371 g/mol. The number of carbonyl (C=O) groups is 1. The first-order valence-electron chi connectivity index (χ1n) is 7.57. The summed E-state index contributed by atoms with van der Waals surface area (Å²) in [5, 5.41) is 2.70. The number of halogens is 3. The Morgan fingerprint density at radius 3 is 2.52 bits per heavy atom. The number of hydrogen-bond acceptors (Lipinski definition) is 3. The molecule has 0 aliphatic carbocycles. The van der Waals surface area contributed by atoms with Crippen LogP contribution in [-0.4, -0.2) is 12.5 Å². The van der Waals surface area contributed by atoms with Gasteiger partial charge in [0.1, 0.15) is 5.75 Å². The lowest BCUT2D eigenvalue weighted by atomic mass is 10.0. The Labute approximate surface area is 151 Å². The van der Waals surface area contributed by atoms with E-state index in [0.29, 0.717) is 5.56 Å². The van der Waals surface area contributed by atoms with E-state index in [1.165, 1.54) is 6.07 Å². The minimum atomic E-state index is -2.91. The van der Waals surface area contributed by atoms with Crippen LogP contribution in [0.4, 0.5) is 8.78 Å². The second-order valence-corrected chi connectivity index (χ2v) is 5.49. The first kappa shape index (κ1) is 20.9. The minimum Gasteiger partial charge on any atom is -0.434 e. The fourth-order valence-corrected chi connectivity index (χ4v) is 2.34. The van der Waals surface area contributed by atoms with Crippen molar-refractivity contribution in [1.82, 2.24) is 5.32 Å². The second kappa shape index (κ2) is 9.96. The van der Waals surface area contributed by atoms with Gasteiger partial charge in [-0.1, -0.05) is 48.0 Å². The van der Waals surface area contributed by atoms with Crippen molar-refractivity contribution in [2.45, 2.75) is 32.5 Å². The number of carbonyl (C=O) groups excluding carboxylic acids is 1. The quantitative estimate of drug-likeness (QED) is 0.780. The number of amides is 1. The lowest BCUT2D eigenvalue weighted by Gasteiger charge is -2.14. The molecule has 0 saturated heterocycles. The summed E-state index contributed by atoms with van der Waals surface area (Å²) in [4.78, 5) is 12.0. The van der Waals surface area contributed by atoms with E-state index in [1.807, 2.05) is 37.3 Å². The first-order chi connectivity index (χ1) is 11.5. The smallest absolute Gasteiger partial charge is 0.387 e. The Kier molecular flexibility index (Phi) is 8.31. The molecule has 2 rings (SSSR count). The monoisotopic (exact) mass is 370 g/mol. The molecular formula is C18H21ClF2N2O2. The molecule has 0 radical (unpaired) electrons. The molecule has 0 heterocycles. The fraction of sp³-hybridized carbons (Fsp3) is 0.278. The first-order valence-corrected chi connectivity index (χ1v) is 7.57. The normalized spacial score (nSPS) is 11.6. The van der Waals surface area contributed by atoms with Crippen LogP contribution < -0.4 is 15.8 Å². The minimum absolute atomic E-state index is 0. The Hall–Kier alpha value is -2.18. The summed E-state index contributed by atoms with van der Waals surface area (Å²) in [5.74, 6) is -0.195. The van der Waals surface area contributed by atoms with Crippen LogP contribution in [0.25, 0.3) is 0 Å². The summed E-state index contributed by atoms with van der Waals surface area (Å²) in [5.41, 5.74) is 8.25. The van der Waals surface area contributed by atoms with Gasteiger partial charge >= 0.3 is 6.61 Å². The van der Waals surface area contributed by atoms with Gasteiger partial charge in [-0.05, 0) is 18.6 Å². The van der Waals surface area contributed by atoms with E-state index in [4.69, 9.17) is 5.73 Å². The van der Waals surface area contributed by atoms with Crippen molar-refractivity contribution in [1.29, 1.82) is 0 Å². The van der Waals surface area contributed by atoms with Crippen LogP contribution in [0, 0.1) is 6.92 Å². The standard InChI is InChI=1S/C18H20F2N2O2.ClH/c1-12-7-8-16(24-18(19)20)14(9-12)11-22-17(23)10-15(21)13-5-3-2-4-6-13;/h2-9,15,18H,10-11,21H2,1H3,(H,22,23);1H. The molecule has 0 aromatic heterocycles. The molecule has 25 heavy (non-hydrogen) atoms. The van der Waals surface area contributed by atoms with Crippen molar-refractivity contribution >= 4 is 18.3 Å². The van der Waals surface area contributed by atoms with Crippen molar-refractivity contribution in [3.05, 3.63) is 65.2 Å². The summed E-state index contributed by atoms with van der Waals surface area (Å²) < 4.78 is 29.3. The molecule has 4 nitrogen and oxygen atoms in total. The molecule has 136 valence electrons. The van der Waals surface area contributed by atoms with Crippen molar-refractivity contribution in [2.24, 2.45) is 5.73 Å². The molecule has 0 spiro atoms. The summed E-state index contributed by atoms with van der Waals surface area (Å²) in [6.45, 7) is -0.971. The van der Waals surface area contributed by atoms with Gasteiger partial charge in [0.05, 0.1) is 0 Å². The van der Waals surface area contributed by atoms with Gasteiger partial charge in [-0.3, -0.25) is 4.79 Å². The molecule has 0 saturated carbocycles. The van der Waals surface area contributed by atoms with Gasteiger partial charge in [0.15, 0.2) is 0 Å². The van der Waals surface area contributed by atoms with Crippen LogP contribution in [0.5, 0.6) is 5.75 Å². The predicted molar refractivity (Wildman–Crippen MR) is 94.9 cm³/mol. The number of benzene rings is 2. The zero-order chi connectivity index (χ0) is 17.5. The highest BCUT2D eigenvalue weighted by atomic mass is 35.5. The number of ether oxygens (including phenoxy) is 1. The maximum Gasteiger partial charge on any atom is 0.387 e. The molecule has 0 fully saturated rings. The third-order valence-electron chi connectivity index (χ3n) is 3.54. The Balaban J connectivity index is 0.00000312. The molecule has 1 amide bonds. The van der Waals surface area contributed by atoms with Gasteiger partial charge in [0, 0.05) is 24.6 Å². The molecule has 1 atom stereocenters. The van der Waals surface area contributed by atoms with Crippen molar-refractivity contribution < 1.29 is 18.3 Å². The van der Waals surface area contributed by atoms with Crippen molar-refractivity contribution in [3.8, 4) is 5.75 Å². The van der Waals surface area contributed by atoms with Gasteiger partial charge in [-0.25, -0.2) is 0 Å². The highest BCUT2D eigenvalue weighted by molar-refractivity contribution is 5.85. The lowest BCUT2D eigenvalue weighted by Crippen LogP contribution is -2.27. The number of rotatable bonds is 7. The Morgan fingerprint density at radius 2 is 1.88 bits per heavy atom. The highest BCUT2D eigenvalue weighted by Gasteiger charge is 2.14. The van der Waals surface area contributed by atoms with Gasteiger partial charge in [-0.2, -0.15) is 8.78 Å². The van der Waals surface area contributed by atoms with E-state index in [9.17, 15) is 13.6 Å². The lowest BCUT2D eigenvalue weighted by molar-refractivity contribution is -0.121. The number of aryl methyl sites for hydroxylation is 1. The van der Waals surface area contributed by atoms with E-state index >= 15 is 0 Å². The van der Waals surface area contributed by atoms with Crippen LogP contribution in [0.2, 0.25) is 0 Å². The van der Waals surface area contributed by atoms with E-state index < -0.39 is 12.7 Å². The van der Waals surface area contributed by atoms with Crippen molar-refractivity contribution in [2.75, 3.05) is 0 Å². The summed E-state index contributed by atoms with van der Waals surface area (Å²) >= 11 is 0. The van der Waals surface area contributed by atoms with Gasteiger partial charge in [-0.15, -0.1) is 12.4 Å². The van der Waals surface area contributed by atoms with E-state index in [0.717, 1.165) is 11.1 Å². The Bertz CT molecular complexity index is 684. The van der Waals surface area contributed by atoms with Crippen molar-refractivity contribution in [3.63, 3.8) is 0 Å². The number of nitrogens with two attached hydrogens (primary N) is 1. The summed E-state index contributed by atoms with van der Waals surface area (Å²) in [7, 11) is 0. The SMILES string of the molecule is Cc1ccc(OC(F)F)c(CNC(=O)CC(N)c2ccccc2)c1.Cl. The molecular weight excluding hydrogens is 350 g/mol.